The van der Waals surface area contributed by atoms with Crippen LogP contribution in [0.15, 0.2) is 12.2 Å². The molecule has 10 heavy (non-hydrogen) atoms. The average molecular weight is 160 g/mol. The van der Waals surface area contributed by atoms with Gasteiger partial charge in [-0.2, -0.15) is 4.58 Å². The van der Waals surface area contributed by atoms with Crippen molar-refractivity contribution >= 4 is 21.9 Å². The SMILES string of the molecule is O=C1/C=C/C(=O)O[SiH2]OO1. The molecule has 0 N–H and O–H groups in total. The summed E-state index contributed by atoms with van der Waals surface area (Å²) in [5, 5.41) is 0. The number of carbonyl (C=O) groups excluding carboxylic acids is 2. The number of hydrogen-bond donors (Lipinski definition) is 0. The molecule has 0 radical (unpaired) electrons. The fraction of sp³-hybridized carbons (Fsp3) is 0. The van der Waals surface area contributed by atoms with E-state index in [1.165, 1.54) is 0 Å². The van der Waals surface area contributed by atoms with Gasteiger partial charge in [-0.3, -0.25) is 0 Å². The number of carbonyl (C=O) groups is 2. The predicted molar refractivity (Wildman–Crippen MR) is 31.0 cm³/mol. The summed E-state index contributed by atoms with van der Waals surface area (Å²) in [5.74, 6) is -1.26. The van der Waals surface area contributed by atoms with E-state index in [4.69, 9.17) is 0 Å². The van der Waals surface area contributed by atoms with Crippen molar-refractivity contribution in [3.8, 4) is 0 Å². The minimum atomic E-state index is -1.47. The first-order valence-corrected chi connectivity index (χ1v) is 3.63. The smallest absolute Gasteiger partial charge is 0.418 e. The van der Waals surface area contributed by atoms with Crippen LogP contribution in [-0.2, 0) is 23.5 Å². The maximum Gasteiger partial charge on any atom is 0.418 e. The van der Waals surface area contributed by atoms with Gasteiger partial charge >= 0.3 is 21.9 Å². The minimum Gasteiger partial charge on any atom is -0.493 e. The Hall–Kier alpha value is -1.14. The summed E-state index contributed by atoms with van der Waals surface area (Å²) in [5.41, 5.74) is 0. The third-order valence-corrected chi connectivity index (χ3v) is 1.36. The summed E-state index contributed by atoms with van der Waals surface area (Å²) in [6.45, 7) is 0. The van der Waals surface area contributed by atoms with Crippen molar-refractivity contribution in [1.82, 2.24) is 0 Å². The molecule has 0 aromatic heterocycles. The fourth-order valence-corrected chi connectivity index (χ4v) is 0.801. The van der Waals surface area contributed by atoms with E-state index in [2.05, 4.69) is 13.9 Å². The Morgan fingerprint density at radius 3 is 2.70 bits per heavy atom. The van der Waals surface area contributed by atoms with E-state index < -0.39 is 21.9 Å². The summed E-state index contributed by atoms with van der Waals surface area (Å²) in [6, 6.07) is 0. The molecule has 0 amide bonds. The molecular weight excluding hydrogens is 156 g/mol. The van der Waals surface area contributed by atoms with E-state index >= 15 is 0 Å². The topological polar surface area (TPSA) is 61.8 Å². The van der Waals surface area contributed by atoms with Crippen molar-refractivity contribution in [1.29, 1.82) is 0 Å². The number of hydrogen-bond acceptors (Lipinski definition) is 5. The van der Waals surface area contributed by atoms with Crippen LogP contribution in [0.5, 0.6) is 0 Å². The molecule has 0 atom stereocenters. The van der Waals surface area contributed by atoms with Gasteiger partial charge in [-0.1, -0.05) is 0 Å². The van der Waals surface area contributed by atoms with Gasteiger partial charge in [-0.25, -0.2) is 9.59 Å². The molecule has 1 aliphatic rings. The van der Waals surface area contributed by atoms with Gasteiger partial charge in [0.15, 0.2) is 0 Å². The van der Waals surface area contributed by atoms with E-state index in [9.17, 15) is 9.59 Å². The first kappa shape index (κ1) is 6.97. The van der Waals surface area contributed by atoms with Crippen molar-refractivity contribution in [3.05, 3.63) is 12.2 Å². The largest absolute Gasteiger partial charge is 0.493 e. The average Bonchev–Trinajstić information content (AvgIpc) is 1.90. The van der Waals surface area contributed by atoms with E-state index in [1.54, 1.807) is 0 Å². The highest BCUT2D eigenvalue weighted by molar-refractivity contribution is 6.23. The molecule has 1 rings (SSSR count). The van der Waals surface area contributed by atoms with Crippen molar-refractivity contribution in [2.24, 2.45) is 0 Å². The Kier molecular flexibility index (Phi) is 2.18. The zero-order valence-corrected chi connectivity index (χ0v) is 6.32. The summed E-state index contributed by atoms with van der Waals surface area (Å²) in [6.07, 6.45) is 1.94. The molecule has 6 heteroatoms. The van der Waals surface area contributed by atoms with Gasteiger partial charge in [0.1, 0.15) is 0 Å². The Morgan fingerprint density at radius 2 is 1.90 bits per heavy atom. The molecule has 0 aromatic rings. The van der Waals surface area contributed by atoms with Crippen LogP contribution < -0.4 is 0 Å². The molecule has 0 saturated carbocycles. The molecule has 0 fully saturated rings. The second-order valence-electron chi connectivity index (χ2n) is 1.43. The van der Waals surface area contributed by atoms with Gasteiger partial charge in [-0.05, 0) is 0 Å². The Morgan fingerprint density at radius 1 is 1.20 bits per heavy atom. The molecule has 0 aliphatic carbocycles. The molecule has 0 aromatic carbocycles. The van der Waals surface area contributed by atoms with Gasteiger partial charge in [-0.15, -0.1) is 0 Å². The molecular formula is C4H4O5Si. The van der Waals surface area contributed by atoms with E-state index in [-0.39, 0.29) is 0 Å². The second-order valence-corrected chi connectivity index (χ2v) is 2.19. The van der Waals surface area contributed by atoms with Gasteiger partial charge < -0.3 is 9.31 Å². The molecule has 54 valence electrons. The minimum absolute atomic E-state index is 0.566. The Balaban J connectivity index is 2.58. The first-order valence-electron chi connectivity index (χ1n) is 2.47. The van der Waals surface area contributed by atoms with Gasteiger partial charge in [0.25, 0.3) is 0 Å². The molecule has 1 aliphatic heterocycles. The Labute approximate surface area is 58.6 Å². The molecule has 0 bridgehead atoms. The lowest BCUT2D eigenvalue weighted by Crippen LogP contribution is -2.15. The maximum atomic E-state index is 10.4. The van der Waals surface area contributed by atoms with Crippen molar-refractivity contribution in [2.45, 2.75) is 0 Å². The highest BCUT2D eigenvalue weighted by Crippen LogP contribution is 1.90. The summed E-state index contributed by atoms with van der Waals surface area (Å²) in [4.78, 5) is 24.9. The van der Waals surface area contributed by atoms with Crippen LogP contribution in [0.4, 0.5) is 0 Å². The summed E-state index contributed by atoms with van der Waals surface area (Å²) >= 11 is 0. The zero-order chi connectivity index (χ0) is 7.40. The highest BCUT2D eigenvalue weighted by atomic mass is 28.3. The third kappa shape index (κ3) is 2.00. The predicted octanol–water partition coefficient (Wildman–Crippen LogP) is -1.43. The lowest BCUT2D eigenvalue weighted by Gasteiger charge is -2.03. The van der Waals surface area contributed by atoms with Gasteiger partial charge in [0.2, 0.25) is 0 Å². The van der Waals surface area contributed by atoms with E-state index in [0.29, 0.717) is 0 Å². The zero-order valence-electron chi connectivity index (χ0n) is 4.90. The van der Waals surface area contributed by atoms with Crippen molar-refractivity contribution in [2.75, 3.05) is 0 Å². The van der Waals surface area contributed by atoms with E-state index in [1.807, 2.05) is 0 Å². The monoisotopic (exact) mass is 160 g/mol. The van der Waals surface area contributed by atoms with Crippen molar-refractivity contribution < 1.29 is 23.5 Å². The normalized spacial score (nSPS) is 24.4. The standard InChI is InChI=1S/C4H4O5Si/c5-3-1-2-4(6)8-10-9-7-3/h1-2H,10H2/b2-1+. The quantitative estimate of drug-likeness (QED) is 0.321. The van der Waals surface area contributed by atoms with Crippen LogP contribution in [0.1, 0.15) is 0 Å². The number of rotatable bonds is 0. The van der Waals surface area contributed by atoms with Crippen LogP contribution in [0.25, 0.3) is 0 Å². The van der Waals surface area contributed by atoms with Crippen molar-refractivity contribution in [3.63, 3.8) is 0 Å². The fourth-order valence-electron chi connectivity index (χ4n) is 0.376. The summed E-state index contributed by atoms with van der Waals surface area (Å²) in [7, 11) is -1.47. The Bertz CT molecular complexity index is 166. The van der Waals surface area contributed by atoms with Crippen LogP contribution in [0.2, 0.25) is 0 Å². The first-order chi connectivity index (χ1) is 4.79. The summed E-state index contributed by atoms with van der Waals surface area (Å²) < 4.78 is 8.70. The highest BCUT2D eigenvalue weighted by Gasteiger charge is 2.06. The lowest BCUT2D eigenvalue weighted by atomic mass is 10.5. The van der Waals surface area contributed by atoms with Crippen LogP contribution in [0.3, 0.4) is 0 Å². The molecule has 1 heterocycles. The third-order valence-electron chi connectivity index (χ3n) is 0.746. The maximum absolute atomic E-state index is 10.4. The van der Waals surface area contributed by atoms with Gasteiger partial charge in [0, 0.05) is 12.2 Å². The molecule has 0 spiro atoms. The van der Waals surface area contributed by atoms with Crippen LogP contribution in [-0.4, -0.2) is 21.9 Å². The molecule has 5 nitrogen and oxygen atoms in total. The molecule has 0 unspecified atom stereocenters. The second kappa shape index (κ2) is 3.13. The van der Waals surface area contributed by atoms with E-state index in [0.717, 1.165) is 12.2 Å². The van der Waals surface area contributed by atoms with Gasteiger partial charge in [0.05, 0.1) is 0 Å². The molecule has 0 saturated heterocycles. The van der Waals surface area contributed by atoms with Crippen LogP contribution >= 0.6 is 0 Å². The van der Waals surface area contributed by atoms with Crippen LogP contribution in [0, 0.1) is 0 Å². The lowest BCUT2D eigenvalue weighted by molar-refractivity contribution is -0.214.